The number of rotatable bonds is 3. The van der Waals surface area contributed by atoms with Crippen molar-refractivity contribution in [1.29, 1.82) is 0 Å². The first-order valence-corrected chi connectivity index (χ1v) is 9.43. The molecule has 140 valence electrons. The van der Waals surface area contributed by atoms with E-state index in [0.29, 0.717) is 0 Å². The Morgan fingerprint density at radius 2 is 1.74 bits per heavy atom. The molecule has 0 aliphatic carbocycles. The summed E-state index contributed by atoms with van der Waals surface area (Å²) < 4.78 is 31.0. The zero-order chi connectivity index (χ0) is 19.0. The van der Waals surface area contributed by atoms with Crippen LogP contribution in [0.2, 0.25) is 0 Å². The molecule has 2 nitrogen and oxygen atoms in total. The van der Waals surface area contributed by atoms with Gasteiger partial charge in [0.15, 0.2) is 0 Å². The van der Waals surface area contributed by atoms with Crippen molar-refractivity contribution in [2.45, 2.75) is 39.4 Å². The highest BCUT2D eigenvalue weighted by molar-refractivity contribution is 5.38. The molecule has 0 fully saturated rings. The van der Waals surface area contributed by atoms with Crippen LogP contribution >= 0.6 is 0 Å². The highest BCUT2D eigenvalue weighted by Crippen LogP contribution is 2.35. The van der Waals surface area contributed by atoms with Gasteiger partial charge < -0.3 is 4.57 Å². The molecular weight excluding hydrogens is 342 g/mol. The average Bonchev–Trinajstić information content (AvgIpc) is 3.02. The van der Waals surface area contributed by atoms with Crippen molar-refractivity contribution in [3.8, 4) is 0 Å². The van der Waals surface area contributed by atoms with Gasteiger partial charge in [0.2, 0.25) is 0 Å². The maximum Gasteiger partial charge on any atom is 0.130 e. The van der Waals surface area contributed by atoms with Crippen LogP contribution in [0.4, 0.5) is 8.78 Å². The zero-order valence-corrected chi connectivity index (χ0v) is 15.8. The van der Waals surface area contributed by atoms with E-state index < -0.39 is 11.6 Å². The summed E-state index contributed by atoms with van der Waals surface area (Å²) in [4.78, 5) is 2.21. The van der Waals surface area contributed by atoms with Gasteiger partial charge in [-0.05, 0) is 55.7 Å². The van der Waals surface area contributed by atoms with Crippen LogP contribution in [0.1, 0.15) is 40.4 Å². The van der Waals surface area contributed by atoms with Gasteiger partial charge in [-0.25, -0.2) is 8.78 Å². The number of aryl methyl sites for hydroxylation is 3. The van der Waals surface area contributed by atoms with Crippen molar-refractivity contribution in [2.24, 2.45) is 0 Å². The second-order valence-electron chi connectivity index (χ2n) is 7.41. The van der Waals surface area contributed by atoms with Crippen LogP contribution in [-0.2, 0) is 13.1 Å². The van der Waals surface area contributed by atoms with Crippen molar-refractivity contribution in [3.05, 3.63) is 94.3 Å². The topological polar surface area (TPSA) is 8.17 Å². The Labute approximate surface area is 159 Å². The Balaban J connectivity index is 1.82. The minimum Gasteiger partial charge on any atom is -0.350 e. The van der Waals surface area contributed by atoms with E-state index in [2.05, 4.69) is 59.8 Å². The van der Waals surface area contributed by atoms with Crippen LogP contribution in [0.25, 0.3) is 0 Å². The normalized spacial score (nSPS) is 17.6. The molecule has 0 amide bonds. The molecule has 2 heterocycles. The number of fused-ring (bicyclic) bond motifs is 1. The lowest BCUT2D eigenvalue weighted by Crippen LogP contribution is -2.30. The standard InChI is InChI=1S/C23H24F2N2/c1-16-9-10-17(2)18(14-16)23-22-8-4-11-26(22)12-5-13-27(23)15-19-20(24)6-3-7-21(19)25/h3-4,6-11,14,23H,5,12-13,15H2,1-2H3. The smallest absolute Gasteiger partial charge is 0.130 e. The summed E-state index contributed by atoms with van der Waals surface area (Å²) in [7, 11) is 0. The average molecular weight is 366 g/mol. The molecule has 0 radical (unpaired) electrons. The van der Waals surface area contributed by atoms with Crippen molar-refractivity contribution in [3.63, 3.8) is 0 Å². The Morgan fingerprint density at radius 3 is 2.52 bits per heavy atom. The van der Waals surface area contributed by atoms with Crippen molar-refractivity contribution >= 4 is 0 Å². The fraction of sp³-hybridized carbons (Fsp3) is 0.304. The van der Waals surface area contributed by atoms with Gasteiger partial charge >= 0.3 is 0 Å². The van der Waals surface area contributed by atoms with E-state index in [-0.39, 0.29) is 18.2 Å². The Hall–Kier alpha value is -2.46. The first-order valence-electron chi connectivity index (χ1n) is 9.43. The Kier molecular flexibility index (Phi) is 4.83. The summed E-state index contributed by atoms with van der Waals surface area (Å²) in [6, 6.07) is 14.7. The molecule has 0 saturated heterocycles. The van der Waals surface area contributed by atoms with E-state index in [0.717, 1.165) is 19.5 Å². The summed E-state index contributed by atoms with van der Waals surface area (Å²) in [6.07, 6.45) is 3.04. The monoisotopic (exact) mass is 366 g/mol. The molecule has 4 heteroatoms. The molecular formula is C23H24F2N2. The fourth-order valence-electron chi connectivity index (χ4n) is 4.11. The summed E-state index contributed by atoms with van der Waals surface area (Å²) in [6.45, 7) is 6.14. The quantitative estimate of drug-likeness (QED) is 0.604. The molecule has 1 aromatic heterocycles. The van der Waals surface area contributed by atoms with E-state index in [4.69, 9.17) is 0 Å². The first-order chi connectivity index (χ1) is 13.0. The molecule has 4 rings (SSSR count). The lowest BCUT2D eigenvalue weighted by molar-refractivity contribution is 0.213. The number of aromatic nitrogens is 1. The van der Waals surface area contributed by atoms with Crippen LogP contribution in [0, 0.1) is 25.5 Å². The molecule has 0 spiro atoms. The van der Waals surface area contributed by atoms with Gasteiger partial charge in [0.25, 0.3) is 0 Å². The maximum absolute atomic E-state index is 14.3. The minimum atomic E-state index is -0.477. The molecule has 27 heavy (non-hydrogen) atoms. The summed E-state index contributed by atoms with van der Waals surface area (Å²) in [5, 5.41) is 0. The lowest BCUT2D eigenvalue weighted by atomic mass is 9.95. The molecule has 1 aliphatic rings. The van der Waals surface area contributed by atoms with E-state index in [1.165, 1.54) is 40.6 Å². The number of halogens is 2. The van der Waals surface area contributed by atoms with Gasteiger partial charge in [0.1, 0.15) is 11.6 Å². The van der Waals surface area contributed by atoms with Crippen LogP contribution in [0.5, 0.6) is 0 Å². The second-order valence-corrected chi connectivity index (χ2v) is 7.41. The Morgan fingerprint density at radius 1 is 0.963 bits per heavy atom. The SMILES string of the molecule is Cc1ccc(C)c(C2c3cccn3CCCN2Cc2c(F)cccc2F)c1. The third-order valence-electron chi connectivity index (χ3n) is 5.51. The van der Waals surface area contributed by atoms with Crippen LogP contribution in [0.3, 0.4) is 0 Å². The van der Waals surface area contributed by atoms with Gasteiger partial charge in [-0.1, -0.05) is 29.8 Å². The number of benzene rings is 2. The third-order valence-corrected chi connectivity index (χ3v) is 5.51. The van der Waals surface area contributed by atoms with Gasteiger partial charge in [-0.3, -0.25) is 4.90 Å². The Bertz CT molecular complexity index is 941. The molecule has 1 unspecified atom stereocenters. The molecule has 0 N–H and O–H groups in total. The molecule has 0 saturated carbocycles. The predicted octanol–water partition coefficient (Wildman–Crippen LogP) is 5.38. The van der Waals surface area contributed by atoms with E-state index in [9.17, 15) is 8.78 Å². The van der Waals surface area contributed by atoms with Crippen molar-refractivity contribution in [1.82, 2.24) is 9.47 Å². The summed E-state index contributed by atoms with van der Waals surface area (Å²) >= 11 is 0. The van der Waals surface area contributed by atoms with Crippen molar-refractivity contribution in [2.75, 3.05) is 6.54 Å². The summed E-state index contributed by atoms with van der Waals surface area (Å²) in [5.74, 6) is -0.955. The van der Waals surface area contributed by atoms with E-state index in [1.54, 1.807) is 0 Å². The molecule has 2 aromatic carbocycles. The van der Waals surface area contributed by atoms with Gasteiger partial charge in [-0.15, -0.1) is 0 Å². The van der Waals surface area contributed by atoms with Gasteiger partial charge in [-0.2, -0.15) is 0 Å². The van der Waals surface area contributed by atoms with Crippen LogP contribution in [0.15, 0.2) is 54.7 Å². The molecule has 0 bridgehead atoms. The highest BCUT2D eigenvalue weighted by atomic mass is 19.1. The largest absolute Gasteiger partial charge is 0.350 e. The molecule has 1 aliphatic heterocycles. The lowest BCUT2D eigenvalue weighted by Gasteiger charge is -2.32. The van der Waals surface area contributed by atoms with E-state index >= 15 is 0 Å². The second kappa shape index (κ2) is 7.28. The molecule has 1 atom stereocenters. The van der Waals surface area contributed by atoms with Crippen LogP contribution in [-0.4, -0.2) is 16.0 Å². The molecule has 3 aromatic rings. The predicted molar refractivity (Wildman–Crippen MR) is 104 cm³/mol. The van der Waals surface area contributed by atoms with Gasteiger partial charge in [0.05, 0.1) is 6.04 Å². The zero-order valence-electron chi connectivity index (χ0n) is 15.8. The van der Waals surface area contributed by atoms with Crippen molar-refractivity contribution < 1.29 is 8.78 Å². The fourth-order valence-corrected chi connectivity index (χ4v) is 4.11. The number of hydrogen-bond donors (Lipinski definition) is 0. The third kappa shape index (κ3) is 3.42. The first kappa shape index (κ1) is 17.9. The number of hydrogen-bond acceptors (Lipinski definition) is 1. The summed E-state index contributed by atoms with van der Waals surface area (Å²) in [5.41, 5.74) is 4.91. The highest BCUT2D eigenvalue weighted by Gasteiger charge is 2.29. The van der Waals surface area contributed by atoms with E-state index in [1.807, 2.05) is 0 Å². The van der Waals surface area contributed by atoms with Crippen LogP contribution < -0.4 is 0 Å². The maximum atomic E-state index is 14.3. The minimum absolute atomic E-state index is 0.0265. The number of nitrogens with zero attached hydrogens (tertiary/aromatic N) is 2. The van der Waals surface area contributed by atoms with Gasteiger partial charge in [0, 0.05) is 37.1 Å².